The second-order valence-corrected chi connectivity index (χ2v) is 21.4. The minimum atomic E-state index is -2.77. The number of aliphatic hydroxyl groups excluding tert-OH is 24. The van der Waals surface area contributed by atoms with E-state index in [2.05, 4.69) is 0 Å². The Balaban J connectivity index is 4.18. The molecular formula is C48H76Cl8O32. The van der Waals surface area contributed by atoms with Crippen molar-refractivity contribution >= 4 is 92.8 Å². The van der Waals surface area contributed by atoms with E-state index >= 15 is 0 Å². The van der Waals surface area contributed by atoms with E-state index in [9.17, 15) is 123 Å². The molecule has 0 aromatic rings. The van der Waals surface area contributed by atoms with Crippen molar-refractivity contribution in [3.8, 4) is 0 Å². The molecule has 0 aliphatic carbocycles. The first-order chi connectivity index (χ1) is 41.3. The molecule has 1 heterocycles. The zero-order valence-electron chi connectivity index (χ0n) is 45.9. The fourth-order valence-electron chi connectivity index (χ4n) is 7.43. The van der Waals surface area contributed by atoms with E-state index in [1.807, 2.05) is 0 Å². The molecule has 0 spiro atoms. The maximum absolute atomic E-state index is 11.1. The van der Waals surface area contributed by atoms with E-state index in [-0.39, 0.29) is 0 Å². The Hall–Kier alpha value is -2.44. The number of ether oxygens (including phenoxy) is 8. The number of alkyl halides is 8. The summed E-state index contributed by atoms with van der Waals surface area (Å²) in [4.78, 5) is 0. The summed E-state index contributed by atoms with van der Waals surface area (Å²) in [5.41, 5.74) is 0. The summed E-state index contributed by atoms with van der Waals surface area (Å²) in [6.45, 7) is 0. The van der Waals surface area contributed by atoms with Crippen molar-refractivity contribution in [1.29, 1.82) is 0 Å². The van der Waals surface area contributed by atoms with Crippen LogP contribution in [0, 0.1) is 0 Å². The third kappa shape index (κ3) is 25.5. The van der Waals surface area contributed by atoms with Gasteiger partial charge in [-0.15, -0.1) is 92.8 Å². The van der Waals surface area contributed by atoms with E-state index < -0.39 is 291 Å². The van der Waals surface area contributed by atoms with Crippen LogP contribution in [-0.4, -0.2) is 293 Å². The molecule has 0 saturated carbocycles. The molecule has 0 fully saturated rings. The van der Waals surface area contributed by atoms with Crippen LogP contribution in [0.15, 0.2) is 69.1 Å². The van der Waals surface area contributed by atoms with Crippen LogP contribution in [0.2, 0.25) is 0 Å². The van der Waals surface area contributed by atoms with Crippen molar-refractivity contribution in [2.24, 2.45) is 0 Å². The highest BCUT2D eigenvalue weighted by Gasteiger charge is 2.42. The quantitative estimate of drug-likeness (QED) is 0.0984. The molecule has 88 heavy (non-hydrogen) atoms. The summed E-state index contributed by atoms with van der Waals surface area (Å²) < 4.78 is 41.6. The smallest absolute Gasteiger partial charge is 0.218 e. The van der Waals surface area contributed by atoms with E-state index in [1.165, 1.54) is 0 Å². The molecule has 0 aromatic carbocycles. The van der Waals surface area contributed by atoms with Gasteiger partial charge in [0.05, 0.1) is 12.2 Å². The Morgan fingerprint density at radius 3 is 0.580 bits per heavy atom. The van der Waals surface area contributed by atoms with E-state index in [4.69, 9.17) is 131 Å². The molecule has 1 aliphatic rings. The first-order valence-corrected chi connectivity index (χ1v) is 30.2. The molecule has 0 bridgehead atoms. The Bertz CT molecular complexity index is 2240. The Morgan fingerprint density at radius 1 is 0.205 bits per heavy atom. The average Bonchev–Trinajstić information content (AvgIpc) is 3.29. The van der Waals surface area contributed by atoms with Gasteiger partial charge in [0.15, 0.2) is 81.7 Å². The van der Waals surface area contributed by atoms with Crippen molar-refractivity contribution < 1.29 is 160 Å². The summed E-state index contributed by atoms with van der Waals surface area (Å²) in [6.07, 6.45) is -52.9. The predicted octanol–water partition coefficient (Wildman–Crippen LogP) is 2.07. The van der Waals surface area contributed by atoms with Gasteiger partial charge in [-0.05, 0) is 51.4 Å². The normalized spacial score (nSPS) is 39.7. The highest BCUT2D eigenvalue weighted by Crippen LogP contribution is 2.30. The first-order valence-electron chi connectivity index (χ1n) is 25.9. The van der Waals surface area contributed by atoms with Gasteiger partial charge in [-0.1, -0.05) is 0 Å². The summed E-state index contributed by atoms with van der Waals surface area (Å²) in [6, 6.07) is 0. The van der Waals surface area contributed by atoms with Gasteiger partial charge in [0.2, 0.25) is 37.7 Å². The minimum Gasteiger partial charge on any atom is -0.506 e. The number of aliphatic hydroxyl groups is 24. The third-order valence-electron chi connectivity index (χ3n) is 12.3. The van der Waals surface area contributed by atoms with Crippen LogP contribution in [-0.2, 0) is 37.9 Å². The van der Waals surface area contributed by atoms with Crippen molar-refractivity contribution in [2.45, 2.75) is 175 Å². The highest BCUT2D eigenvalue weighted by atomic mass is 35.5. The number of halogens is 8. The van der Waals surface area contributed by atoms with Crippen LogP contribution < -0.4 is 0 Å². The lowest BCUT2D eigenvalue weighted by molar-refractivity contribution is -0.265. The van der Waals surface area contributed by atoms with Crippen LogP contribution in [0.25, 0.3) is 0 Å². The van der Waals surface area contributed by atoms with Crippen molar-refractivity contribution in [3.63, 3.8) is 0 Å². The molecule has 32 nitrogen and oxygen atoms in total. The summed E-state index contributed by atoms with van der Waals surface area (Å²) in [5.74, 6) is -22.0. The minimum absolute atomic E-state index is 0.457. The lowest BCUT2D eigenvalue weighted by Crippen LogP contribution is -2.52. The van der Waals surface area contributed by atoms with Crippen molar-refractivity contribution in [1.82, 2.24) is 0 Å². The van der Waals surface area contributed by atoms with Crippen LogP contribution in [0.3, 0.4) is 0 Å². The van der Waals surface area contributed by atoms with Gasteiger partial charge in [-0.3, -0.25) is 0 Å². The number of hydrogen-bond acceptors (Lipinski definition) is 32. The van der Waals surface area contributed by atoms with Crippen LogP contribution in [0.1, 0.15) is 51.4 Å². The van der Waals surface area contributed by atoms with Gasteiger partial charge in [-0.25, -0.2) is 0 Å². The average molecular weight is 1450 g/mol. The van der Waals surface area contributed by atoms with E-state index in [0.717, 1.165) is 0 Å². The highest BCUT2D eigenvalue weighted by molar-refractivity contribution is 6.19. The van der Waals surface area contributed by atoms with Crippen molar-refractivity contribution in [3.05, 3.63) is 69.1 Å². The first kappa shape index (κ1) is 83.6. The molecule has 0 radical (unpaired) electrons. The number of hydrogen-bond donors (Lipinski definition) is 24. The van der Waals surface area contributed by atoms with Crippen LogP contribution >= 0.6 is 92.8 Å². The maximum Gasteiger partial charge on any atom is 0.218 e. The lowest BCUT2D eigenvalue weighted by atomic mass is 10.0. The number of rotatable bonds is 16. The summed E-state index contributed by atoms with van der Waals surface area (Å²) >= 11 is 46.7. The molecule has 40 heteroatoms. The van der Waals surface area contributed by atoms with Gasteiger partial charge in [0.25, 0.3) is 0 Å². The monoisotopic (exact) mass is 1440 g/mol. The molecule has 0 amide bonds. The lowest BCUT2D eigenvalue weighted by Gasteiger charge is -2.35. The zero-order valence-corrected chi connectivity index (χ0v) is 51.9. The van der Waals surface area contributed by atoms with Crippen LogP contribution in [0.4, 0.5) is 0 Å². The molecule has 0 saturated heterocycles. The Morgan fingerprint density at radius 2 is 0.375 bits per heavy atom. The van der Waals surface area contributed by atoms with Gasteiger partial charge in [0, 0.05) is 47.0 Å². The second kappa shape index (κ2) is 42.7. The molecule has 24 N–H and O–H groups in total. The van der Waals surface area contributed by atoms with Gasteiger partial charge >= 0.3 is 0 Å². The zero-order chi connectivity index (χ0) is 67.4. The largest absolute Gasteiger partial charge is 0.506 e. The molecule has 1 aliphatic heterocycles. The predicted molar refractivity (Wildman–Crippen MR) is 307 cm³/mol. The molecule has 20 unspecified atom stereocenters. The third-order valence-corrected chi connectivity index (χ3v) is 14.0. The molecule has 516 valence electrons. The van der Waals surface area contributed by atoms with E-state index in [0.29, 0.717) is 0 Å². The molecule has 0 aromatic heterocycles. The van der Waals surface area contributed by atoms with Gasteiger partial charge in [0.1, 0.15) is 61.0 Å². The topological polar surface area (TPSA) is 559 Å². The molecule has 1 rings (SSSR count). The molecule has 20 atom stereocenters. The van der Waals surface area contributed by atoms with Gasteiger partial charge in [-0.2, -0.15) is 0 Å². The van der Waals surface area contributed by atoms with E-state index in [1.54, 1.807) is 0 Å². The standard InChI is InChI=1S/C48H76Cl8O32/c49-9-1-17-25(57)33(65)42(74)82-19(3-11-51)27(59)35(67)44(76)84-21(5-13-53)29(61)37(69)46(78)86-23(7-15-55)31(63)39(71)48(80)88-24(8-16-56)32(64)40(72)47(79)87-22(6-14-54)30(62)38(70)45(77)85-20(4-12-52)28(60)36(68)43(75)83-18(2-10-50)26(58)34(66)41(73)81-17/h17-26,33-34,41-48,57-80H,1-16H2/b35-27-,36-28+,37-29+,38-30+,39-31+,40-32-. The summed E-state index contributed by atoms with van der Waals surface area (Å²) in [5, 5.41) is 262. The van der Waals surface area contributed by atoms with Crippen LogP contribution in [0.5, 0.6) is 0 Å². The van der Waals surface area contributed by atoms with Gasteiger partial charge < -0.3 is 160 Å². The Labute approximate surface area is 541 Å². The fourth-order valence-corrected chi connectivity index (χ4v) is 9.05. The Kier molecular flexibility index (Phi) is 40.6. The second-order valence-electron chi connectivity index (χ2n) is 18.4. The fraction of sp³-hybridized carbons (Fsp3) is 0.750. The summed E-state index contributed by atoms with van der Waals surface area (Å²) in [7, 11) is 0. The maximum atomic E-state index is 11.1. The SMILES string of the molecule is O/C1=C(\O)C(CCCl)OC(O)/C(O)=C(\O)C(CCCl)OC(O)/C(O)=C(\O)C(CCCl)OC(O)/C(O)=C(/O)C(CCCl)OC(O)C(O)C(O)C(CCCl)OC(O)C(O)C(O)C(CCCl)OC(O)/C(O)=C(\O)C(CCCl)OC(O)/C(O)=C(\O)C(CCCl)OC1O. The van der Waals surface area contributed by atoms with Crippen molar-refractivity contribution in [2.75, 3.05) is 47.0 Å². The molecular weight excluding hydrogens is 1370 g/mol.